The van der Waals surface area contributed by atoms with Crippen LogP contribution in [0.5, 0.6) is 0 Å². The van der Waals surface area contributed by atoms with E-state index in [1.807, 2.05) is 0 Å². The van der Waals surface area contributed by atoms with Gasteiger partial charge < -0.3 is 15.0 Å². The van der Waals surface area contributed by atoms with Crippen LogP contribution in [-0.2, 0) is 4.79 Å². The number of rotatable bonds is 2. The van der Waals surface area contributed by atoms with Crippen molar-refractivity contribution in [1.82, 2.24) is 0 Å². The van der Waals surface area contributed by atoms with Gasteiger partial charge in [0.2, 0.25) is 0 Å². The number of carbonyl (C=O) groups is 1. The third-order valence-electron chi connectivity index (χ3n) is 0.813. The molecule has 52 valence electrons. The maximum atomic E-state index is 9.94. The lowest BCUT2D eigenvalue weighted by atomic mass is 10.2. The molecule has 0 spiro atoms. The second-order valence-corrected chi connectivity index (χ2v) is 1.88. The van der Waals surface area contributed by atoms with Gasteiger partial charge in [-0.15, -0.1) is 0 Å². The van der Waals surface area contributed by atoms with Gasteiger partial charge in [0.25, 0.3) is 0 Å². The highest BCUT2D eigenvalue weighted by atomic mass is 16.4. The Morgan fingerprint density at radius 2 is 2.22 bits per heavy atom. The Hall–Kier alpha value is -0.830. The number of aliphatic carboxylic acids is 1. The van der Waals surface area contributed by atoms with Crippen molar-refractivity contribution in [2.75, 3.05) is 0 Å². The standard InChI is InChI=1S/C6H10O3/c1-4(6(8)9)3-5(2)7/h3,5,7H,1-2H3,(H,8,9)/p-1/b4-3+. The van der Waals surface area contributed by atoms with E-state index >= 15 is 0 Å². The number of hydrogen-bond donors (Lipinski definition) is 1. The summed E-state index contributed by atoms with van der Waals surface area (Å²) in [7, 11) is 0. The topological polar surface area (TPSA) is 60.4 Å². The second-order valence-electron chi connectivity index (χ2n) is 1.88. The molecule has 0 rings (SSSR count). The lowest BCUT2D eigenvalue weighted by Gasteiger charge is -2.01. The van der Waals surface area contributed by atoms with Crippen LogP contribution in [0.25, 0.3) is 0 Å². The number of carboxylic acid groups (broad SMARTS) is 1. The second kappa shape index (κ2) is 3.25. The van der Waals surface area contributed by atoms with Crippen LogP contribution in [0, 0.1) is 0 Å². The molecule has 0 saturated carbocycles. The number of carboxylic acids is 1. The summed E-state index contributed by atoms with van der Waals surface area (Å²) in [6.07, 6.45) is 0.498. The van der Waals surface area contributed by atoms with Crippen LogP contribution in [0.4, 0.5) is 0 Å². The lowest BCUT2D eigenvalue weighted by Crippen LogP contribution is -2.23. The average Bonchev–Trinajstić information content (AvgIpc) is 1.63. The van der Waals surface area contributed by atoms with E-state index in [1.54, 1.807) is 0 Å². The monoisotopic (exact) mass is 129 g/mol. The predicted octanol–water partition coefficient (Wildman–Crippen LogP) is -0.937. The van der Waals surface area contributed by atoms with Gasteiger partial charge in [-0.05, 0) is 19.4 Å². The maximum absolute atomic E-state index is 9.94. The molecule has 0 aliphatic rings. The van der Waals surface area contributed by atoms with E-state index in [0.29, 0.717) is 0 Å². The molecule has 9 heavy (non-hydrogen) atoms. The Morgan fingerprint density at radius 3 is 2.33 bits per heavy atom. The first-order chi connectivity index (χ1) is 4.04. The van der Waals surface area contributed by atoms with Gasteiger partial charge in [-0.2, -0.15) is 0 Å². The first-order valence-corrected chi connectivity index (χ1v) is 2.62. The van der Waals surface area contributed by atoms with E-state index in [0.717, 1.165) is 0 Å². The molecule has 0 amide bonds. The number of carbonyl (C=O) groups excluding carboxylic acids is 1. The zero-order valence-electron chi connectivity index (χ0n) is 5.42. The summed E-state index contributed by atoms with van der Waals surface area (Å²) in [6, 6.07) is 0. The Morgan fingerprint density at radius 1 is 1.78 bits per heavy atom. The molecule has 0 heterocycles. The third kappa shape index (κ3) is 3.73. The van der Waals surface area contributed by atoms with Crippen molar-refractivity contribution in [2.45, 2.75) is 20.0 Å². The zero-order valence-corrected chi connectivity index (χ0v) is 5.42. The molecule has 0 bridgehead atoms. The van der Waals surface area contributed by atoms with Crippen molar-refractivity contribution in [3.05, 3.63) is 11.6 Å². The number of hydrogen-bond acceptors (Lipinski definition) is 3. The molecule has 0 aromatic carbocycles. The summed E-state index contributed by atoms with van der Waals surface area (Å²) in [6.45, 7) is 2.86. The minimum absolute atomic E-state index is 0.0602. The molecular formula is C6H9O3-. The first-order valence-electron chi connectivity index (χ1n) is 2.62. The van der Waals surface area contributed by atoms with Gasteiger partial charge in [-0.3, -0.25) is 0 Å². The molecule has 1 N–H and O–H groups in total. The summed E-state index contributed by atoms with van der Waals surface area (Å²) in [4.78, 5) is 9.94. The van der Waals surface area contributed by atoms with Crippen molar-refractivity contribution in [3.63, 3.8) is 0 Å². The van der Waals surface area contributed by atoms with E-state index in [9.17, 15) is 9.90 Å². The fourth-order valence-corrected chi connectivity index (χ4v) is 0.430. The Labute approximate surface area is 53.6 Å². The summed E-state index contributed by atoms with van der Waals surface area (Å²) in [5.74, 6) is -1.24. The van der Waals surface area contributed by atoms with Crippen molar-refractivity contribution < 1.29 is 15.0 Å². The van der Waals surface area contributed by atoms with E-state index in [4.69, 9.17) is 5.11 Å². The Bertz CT molecular complexity index is 135. The van der Waals surface area contributed by atoms with Crippen molar-refractivity contribution >= 4 is 5.97 Å². The molecule has 1 unspecified atom stereocenters. The van der Waals surface area contributed by atoms with Crippen LogP contribution in [0.3, 0.4) is 0 Å². The normalized spacial score (nSPS) is 15.2. The zero-order chi connectivity index (χ0) is 7.44. The SMILES string of the molecule is C/C(=C\C(C)O)C(=O)[O-]. The molecule has 0 aliphatic heterocycles. The lowest BCUT2D eigenvalue weighted by molar-refractivity contribution is -0.299. The quantitative estimate of drug-likeness (QED) is 0.490. The highest BCUT2D eigenvalue weighted by molar-refractivity contribution is 5.83. The fraction of sp³-hybridized carbons (Fsp3) is 0.500. The van der Waals surface area contributed by atoms with Crippen molar-refractivity contribution in [2.24, 2.45) is 0 Å². The number of aliphatic hydroxyl groups excluding tert-OH is 1. The minimum Gasteiger partial charge on any atom is -0.545 e. The third-order valence-corrected chi connectivity index (χ3v) is 0.813. The van der Waals surface area contributed by atoms with Gasteiger partial charge in [-0.1, -0.05) is 6.08 Å². The average molecular weight is 129 g/mol. The van der Waals surface area contributed by atoms with Crippen molar-refractivity contribution in [1.29, 1.82) is 0 Å². The highest BCUT2D eigenvalue weighted by Gasteiger charge is 1.91. The molecule has 0 aromatic rings. The van der Waals surface area contributed by atoms with Gasteiger partial charge in [0.15, 0.2) is 0 Å². The Balaban J connectivity index is 4.00. The van der Waals surface area contributed by atoms with Crippen LogP contribution < -0.4 is 5.11 Å². The molecule has 3 nitrogen and oxygen atoms in total. The summed E-state index contributed by atoms with van der Waals surface area (Å²) in [5.41, 5.74) is 0.0602. The summed E-state index contributed by atoms with van der Waals surface area (Å²) in [5, 5.41) is 18.5. The molecule has 0 radical (unpaired) electrons. The molecule has 0 fully saturated rings. The van der Waals surface area contributed by atoms with Gasteiger partial charge in [0, 0.05) is 0 Å². The van der Waals surface area contributed by atoms with Crippen LogP contribution in [0.15, 0.2) is 11.6 Å². The van der Waals surface area contributed by atoms with E-state index in [1.165, 1.54) is 19.9 Å². The predicted molar refractivity (Wildman–Crippen MR) is 30.4 cm³/mol. The van der Waals surface area contributed by atoms with Gasteiger partial charge in [0.05, 0.1) is 12.1 Å². The molecule has 0 saturated heterocycles. The largest absolute Gasteiger partial charge is 0.545 e. The molecule has 0 aliphatic carbocycles. The first kappa shape index (κ1) is 8.17. The van der Waals surface area contributed by atoms with Crippen molar-refractivity contribution in [3.8, 4) is 0 Å². The Kier molecular flexibility index (Phi) is 2.95. The number of aliphatic hydroxyl groups is 1. The molecular weight excluding hydrogens is 120 g/mol. The van der Waals surface area contributed by atoms with Gasteiger partial charge >= 0.3 is 0 Å². The molecule has 3 heteroatoms. The van der Waals surface area contributed by atoms with Crippen LogP contribution >= 0.6 is 0 Å². The molecule has 0 aromatic heterocycles. The van der Waals surface area contributed by atoms with Crippen LogP contribution in [-0.4, -0.2) is 17.2 Å². The smallest absolute Gasteiger partial charge is 0.0698 e. The van der Waals surface area contributed by atoms with Gasteiger partial charge in [0.1, 0.15) is 0 Å². The molecule has 1 atom stereocenters. The summed E-state index contributed by atoms with van der Waals surface area (Å²) >= 11 is 0. The summed E-state index contributed by atoms with van der Waals surface area (Å²) < 4.78 is 0. The van der Waals surface area contributed by atoms with Gasteiger partial charge in [-0.25, -0.2) is 0 Å². The van der Waals surface area contributed by atoms with E-state index in [-0.39, 0.29) is 5.57 Å². The van der Waals surface area contributed by atoms with E-state index in [2.05, 4.69) is 0 Å². The maximum Gasteiger partial charge on any atom is 0.0698 e. The van der Waals surface area contributed by atoms with E-state index < -0.39 is 12.1 Å². The van der Waals surface area contributed by atoms with Crippen LogP contribution in [0.2, 0.25) is 0 Å². The fourth-order valence-electron chi connectivity index (χ4n) is 0.430. The minimum atomic E-state index is -1.24. The highest BCUT2D eigenvalue weighted by Crippen LogP contribution is 1.92. The van der Waals surface area contributed by atoms with Crippen LogP contribution in [0.1, 0.15) is 13.8 Å².